The third-order valence-electron chi connectivity index (χ3n) is 7.11. The Hall–Kier alpha value is -2.75. The van der Waals surface area contributed by atoms with Gasteiger partial charge in [0.15, 0.2) is 5.11 Å². The van der Waals surface area contributed by atoms with E-state index in [1.165, 1.54) is 13.2 Å². The molecule has 2 amide bonds. The standard InChI is InChI=1S/C26H34F3N5O3S/c1-25(2)23(36)34(20-9-8-19(17-30)21(16-20)26(27,28)29)24(38)33(25)11-7-5-4-6-10-31-12-14-32(15-13-31)22(35)18-37-3/h8-9,16H,4-7,10-15,18H2,1-3H3. The summed E-state index contributed by atoms with van der Waals surface area (Å²) in [5, 5.41) is 9.23. The first-order chi connectivity index (χ1) is 17.9. The lowest BCUT2D eigenvalue weighted by Crippen LogP contribution is -2.49. The van der Waals surface area contributed by atoms with Crippen LogP contribution in [-0.4, -0.2) is 90.2 Å². The summed E-state index contributed by atoms with van der Waals surface area (Å²) in [4.78, 5) is 32.2. The Kier molecular flexibility index (Phi) is 9.73. The Labute approximate surface area is 226 Å². The summed E-state index contributed by atoms with van der Waals surface area (Å²) < 4.78 is 45.3. The Bertz CT molecular complexity index is 1080. The number of piperazine rings is 1. The minimum atomic E-state index is -4.73. The van der Waals surface area contributed by atoms with Crippen LogP contribution < -0.4 is 4.90 Å². The molecule has 2 saturated heterocycles. The molecular formula is C26H34F3N5O3S. The number of hydrogen-bond acceptors (Lipinski definition) is 6. The van der Waals surface area contributed by atoms with Crippen molar-refractivity contribution in [1.29, 1.82) is 5.26 Å². The maximum Gasteiger partial charge on any atom is 0.417 e. The minimum Gasteiger partial charge on any atom is -0.375 e. The number of methoxy groups -OCH3 is 1. The molecule has 0 N–H and O–H groups in total. The van der Waals surface area contributed by atoms with Crippen molar-refractivity contribution in [2.75, 3.05) is 57.9 Å². The van der Waals surface area contributed by atoms with Crippen LogP contribution in [0.15, 0.2) is 18.2 Å². The van der Waals surface area contributed by atoms with Gasteiger partial charge in [0.25, 0.3) is 5.91 Å². The molecule has 2 aliphatic rings. The summed E-state index contributed by atoms with van der Waals surface area (Å²) in [6, 6.07) is 4.76. The maximum absolute atomic E-state index is 13.5. The normalized spacial score (nSPS) is 18.3. The largest absolute Gasteiger partial charge is 0.417 e. The molecule has 0 unspecified atom stereocenters. The second-order valence-corrected chi connectivity index (χ2v) is 10.4. The van der Waals surface area contributed by atoms with E-state index in [4.69, 9.17) is 22.2 Å². The van der Waals surface area contributed by atoms with E-state index in [-0.39, 0.29) is 23.3 Å². The average molecular weight is 554 g/mol. The summed E-state index contributed by atoms with van der Waals surface area (Å²) in [6.45, 7) is 8.10. The Morgan fingerprint density at radius 2 is 1.74 bits per heavy atom. The highest BCUT2D eigenvalue weighted by molar-refractivity contribution is 7.80. The number of nitriles is 1. The predicted octanol–water partition coefficient (Wildman–Crippen LogP) is 3.64. The lowest BCUT2D eigenvalue weighted by Gasteiger charge is -2.34. The fourth-order valence-electron chi connectivity index (χ4n) is 4.84. The molecule has 0 saturated carbocycles. The van der Waals surface area contributed by atoms with E-state index in [0.29, 0.717) is 19.6 Å². The van der Waals surface area contributed by atoms with Gasteiger partial charge in [0, 0.05) is 39.8 Å². The second kappa shape index (κ2) is 12.4. The van der Waals surface area contributed by atoms with Crippen LogP contribution in [0.1, 0.15) is 50.7 Å². The van der Waals surface area contributed by atoms with E-state index < -0.39 is 28.7 Å². The van der Waals surface area contributed by atoms with E-state index in [1.807, 2.05) is 4.90 Å². The van der Waals surface area contributed by atoms with Gasteiger partial charge in [0.05, 0.1) is 22.9 Å². The average Bonchev–Trinajstić information content (AvgIpc) is 3.04. The number of anilines is 1. The van der Waals surface area contributed by atoms with Crippen molar-refractivity contribution in [2.24, 2.45) is 0 Å². The van der Waals surface area contributed by atoms with E-state index in [9.17, 15) is 22.8 Å². The van der Waals surface area contributed by atoms with Gasteiger partial charge in [-0.3, -0.25) is 19.4 Å². The lowest BCUT2D eigenvalue weighted by molar-refractivity contribution is -0.138. The summed E-state index contributed by atoms with van der Waals surface area (Å²) >= 11 is 5.54. The number of unbranched alkanes of at least 4 members (excludes halogenated alkanes) is 3. The molecule has 12 heteroatoms. The Balaban J connectivity index is 1.50. The molecule has 8 nitrogen and oxygen atoms in total. The Morgan fingerprint density at radius 3 is 2.32 bits per heavy atom. The van der Waals surface area contributed by atoms with E-state index in [0.717, 1.165) is 62.4 Å². The van der Waals surface area contributed by atoms with Gasteiger partial charge in [0.1, 0.15) is 12.1 Å². The molecule has 208 valence electrons. The number of alkyl halides is 3. The topological polar surface area (TPSA) is 80.1 Å². The number of halogens is 3. The lowest BCUT2D eigenvalue weighted by atomic mass is 10.0. The first-order valence-corrected chi connectivity index (χ1v) is 13.1. The van der Waals surface area contributed by atoms with E-state index in [2.05, 4.69) is 4.90 Å². The summed E-state index contributed by atoms with van der Waals surface area (Å²) in [6.07, 6.45) is -1.02. The summed E-state index contributed by atoms with van der Waals surface area (Å²) in [5.74, 6) is -0.379. The van der Waals surface area contributed by atoms with E-state index >= 15 is 0 Å². The number of ether oxygens (including phenoxy) is 1. The first kappa shape index (κ1) is 29.8. The van der Waals surface area contributed by atoms with Gasteiger partial charge in [-0.05, 0) is 63.7 Å². The minimum absolute atomic E-state index is 0.00548. The van der Waals surface area contributed by atoms with Crippen molar-refractivity contribution in [3.8, 4) is 6.07 Å². The van der Waals surface area contributed by atoms with Crippen LogP contribution in [-0.2, 0) is 20.5 Å². The van der Waals surface area contributed by atoms with Crippen molar-refractivity contribution in [3.63, 3.8) is 0 Å². The predicted molar refractivity (Wildman–Crippen MR) is 140 cm³/mol. The van der Waals surface area contributed by atoms with Crippen molar-refractivity contribution < 1.29 is 27.5 Å². The van der Waals surface area contributed by atoms with Crippen molar-refractivity contribution in [1.82, 2.24) is 14.7 Å². The SMILES string of the molecule is COCC(=O)N1CCN(CCCCCCN2C(=S)N(c3ccc(C#N)c(C(F)(F)F)c3)C(=O)C2(C)C)CC1. The molecule has 0 aromatic heterocycles. The molecule has 1 aromatic carbocycles. The summed E-state index contributed by atoms with van der Waals surface area (Å²) in [5.41, 5.74) is -2.59. The highest BCUT2D eigenvalue weighted by atomic mass is 32.1. The molecule has 3 rings (SSSR count). The smallest absolute Gasteiger partial charge is 0.375 e. The molecule has 0 aliphatic carbocycles. The molecule has 38 heavy (non-hydrogen) atoms. The molecule has 0 spiro atoms. The number of benzene rings is 1. The molecule has 2 aliphatic heterocycles. The van der Waals surface area contributed by atoms with Gasteiger partial charge >= 0.3 is 6.18 Å². The molecule has 2 heterocycles. The van der Waals surface area contributed by atoms with Crippen molar-refractivity contribution in [3.05, 3.63) is 29.3 Å². The van der Waals surface area contributed by atoms with Crippen LogP contribution in [0.25, 0.3) is 0 Å². The van der Waals surface area contributed by atoms with Gasteiger partial charge in [0.2, 0.25) is 5.91 Å². The van der Waals surface area contributed by atoms with Gasteiger partial charge in [-0.2, -0.15) is 18.4 Å². The fourth-order valence-corrected chi connectivity index (χ4v) is 5.34. The number of carbonyl (C=O) groups is 2. The zero-order valence-corrected chi connectivity index (χ0v) is 22.8. The number of thiocarbonyl (C=S) groups is 1. The van der Waals surface area contributed by atoms with E-state index in [1.54, 1.807) is 24.8 Å². The molecule has 0 bridgehead atoms. The Morgan fingerprint density at radius 1 is 1.11 bits per heavy atom. The third-order valence-corrected chi connectivity index (χ3v) is 7.51. The van der Waals surface area contributed by atoms with Crippen molar-refractivity contribution in [2.45, 2.75) is 51.2 Å². The summed E-state index contributed by atoms with van der Waals surface area (Å²) in [7, 11) is 1.52. The van der Waals surface area contributed by atoms with Gasteiger partial charge in [-0.1, -0.05) is 12.8 Å². The molecule has 2 fully saturated rings. The van der Waals surface area contributed by atoms with Crippen LogP contribution in [0.3, 0.4) is 0 Å². The second-order valence-electron chi connectivity index (χ2n) is 10.0. The zero-order valence-electron chi connectivity index (χ0n) is 22.0. The maximum atomic E-state index is 13.5. The molecular weight excluding hydrogens is 519 g/mol. The first-order valence-electron chi connectivity index (χ1n) is 12.7. The number of nitrogens with zero attached hydrogens (tertiary/aromatic N) is 5. The molecule has 0 atom stereocenters. The monoisotopic (exact) mass is 553 g/mol. The number of hydrogen-bond donors (Lipinski definition) is 0. The number of amides is 2. The molecule has 0 radical (unpaired) electrons. The third kappa shape index (κ3) is 6.62. The van der Waals surface area contributed by atoms with Crippen LogP contribution in [0.4, 0.5) is 18.9 Å². The quantitative estimate of drug-likeness (QED) is 0.323. The van der Waals surface area contributed by atoms with Crippen LogP contribution in [0.5, 0.6) is 0 Å². The highest BCUT2D eigenvalue weighted by Crippen LogP contribution is 2.38. The van der Waals surface area contributed by atoms with Crippen LogP contribution >= 0.6 is 12.2 Å². The van der Waals surface area contributed by atoms with Gasteiger partial charge in [-0.25, -0.2) is 0 Å². The molecule has 1 aromatic rings. The van der Waals surface area contributed by atoms with Crippen molar-refractivity contribution >= 4 is 34.8 Å². The zero-order chi connectivity index (χ0) is 28.1. The highest BCUT2D eigenvalue weighted by Gasteiger charge is 2.49. The number of rotatable bonds is 10. The van der Waals surface area contributed by atoms with Crippen LogP contribution in [0.2, 0.25) is 0 Å². The fraction of sp³-hybridized carbons (Fsp3) is 0.615. The number of carbonyl (C=O) groups excluding carboxylic acids is 2. The van der Waals surface area contributed by atoms with Gasteiger partial charge < -0.3 is 14.5 Å². The van der Waals surface area contributed by atoms with Crippen LogP contribution in [0, 0.1) is 11.3 Å². The van der Waals surface area contributed by atoms with Gasteiger partial charge in [-0.15, -0.1) is 0 Å².